The van der Waals surface area contributed by atoms with Crippen molar-refractivity contribution in [3.63, 3.8) is 0 Å². The average Bonchev–Trinajstić information content (AvgIpc) is 3.34. The molecule has 23 heavy (non-hydrogen) atoms. The van der Waals surface area contributed by atoms with E-state index in [9.17, 15) is 9.59 Å². The molecule has 1 aliphatic carbocycles. The van der Waals surface area contributed by atoms with E-state index < -0.39 is 5.97 Å². The highest BCUT2D eigenvalue weighted by atomic mass is 35.5. The fraction of sp³-hybridized carbons (Fsp3) is 0.556. The van der Waals surface area contributed by atoms with Gasteiger partial charge in [-0.3, -0.25) is 9.59 Å². The number of hydrogen-bond donors (Lipinski definition) is 1. The second-order valence-corrected chi connectivity index (χ2v) is 7.16. The summed E-state index contributed by atoms with van der Waals surface area (Å²) in [7, 11) is 0. The quantitative estimate of drug-likeness (QED) is 0.895. The molecule has 124 valence electrons. The van der Waals surface area contributed by atoms with Gasteiger partial charge in [0.1, 0.15) is 0 Å². The number of likely N-dealkylation sites (tertiary alicyclic amines) is 1. The van der Waals surface area contributed by atoms with E-state index in [0.29, 0.717) is 18.3 Å². The van der Waals surface area contributed by atoms with Gasteiger partial charge in [0.25, 0.3) is 0 Å². The van der Waals surface area contributed by atoms with Gasteiger partial charge in [-0.2, -0.15) is 0 Å². The second kappa shape index (κ2) is 6.91. The van der Waals surface area contributed by atoms with Gasteiger partial charge in [0.05, 0.1) is 0 Å². The van der Waals surface area contributed by atoms with Crippen LogP contribution in [0, 0.1) is 11.8 Å². The Kier molecular flexibility index (Phi) is 4.90. The molecule has 0 bridgehead atoms. The molecule has 3 atom stereocenters. The topological polar surface area (TPSA) is 57.6 Å². The molecule has 2 aliphatic rings. The van der Waals surface area contributed by atoms with E-state index in [1.54, 1.807) is 0 Å². The summed E-state index contributed by atoms with van der Waals surface area (Å²) in [6.45, 7) is 1.53. The molecule has 1 saturated carbocycles. The standard InChI is InChI=1S/C18H22ClNO3/c19-14-6-4-13(5-7-14)15-10-16(15)18(23)20-9-1-2-12(11-20)3-8-17(21)22/h4-7,12,15-16H,1-3,8-11H2,(H,21,22)/t12-,15+,16+/m0/s1. The van der Waals surface area contributed by atoms with Gasteiger partial charge >= 0.3 is 5.97 Å². The monoisotopic (exact) mass is 335 g/mol. The number of nitrogens with zero attached hydrogens (tertiary/aromatic N) is 1. The molecule has 3 rings (SSSR count). The fourth-order valence-corrected chi connectivity index (χ4v) is 3.74. The molecule has 1 saturated heterocycles. The number of aliphatic carboxylic acids is 1. The highest BCUT2D eigenvalue weighted by Crippen LogP contribution is 2.49. The van der Waals surface area contributed by atoms with Gasteiger partial charge in [-0.25, -0.2) is 0 Å². The van der Waals surface area contributed by atoms with Crippen LogP contribution in [-0.4, -0.2) is 35.0 Å². The first-order chi connectivity index (χ1) is 11.0. The van der Waals surface area contributed by atoms with Crippen LogP contribution in [0.15, 0.2) is 24.3 Å². The Bertz CT molecular complexity index is 586. The molecule has 1 aromatic rings. The number of carbonyl (C=O) groups is 2. The van der Waals surface area contributed by atoms with Gasteiger partial charge in [0.15, 0.2) is 0 Å². The van der Waals surface area contributed by atoms with E-state index >= 15 is 0 Å². The van der Waals surface area contributed by atoms with Crippen molar-refractivity contribution in [1.29, 1.82) is 0 Å². The van der Waals surface area contributed by atoms with Crippen molar-refractivity contribution in [3.05, 3.63) is 34.9 Å². The number of benzene rings is 1. The van der Waals surface area contributed by atoms with Crippen molar-refractivity contribution < 1.29 is 14.7 Å². The Hall–Kier alpha value is -1.55. The summed E-state index contributed by atoms with van der Waals surface area (Å²) in [6.07, 6.45) is 3.79. The third-order valence-electron chi connectivity index (χ3n) is 5.00. The first-order valence-electron chi connectivity index (χ1n) is 8.30. The van der Waals surface area contributed by atoms with Crippen molar-refractivity contribution in [1.82, 2.24) is 4.90 Å². The van der Waals surface area contributed by atoms with Crippen molar-refractivity contribution in [2.45, 2.75) is 38.0 Å². The summed E-state index contributed by atoms with van der Waals surface area (Å²) < 4.78 is 0. The first kappa shape index (κ1) is 16.3. The van der Waals surface area contributed by atoms with Crippen LogP contribution in [0.2, 0.25) is 5.02 Å². The van der Waals surface area contributed by atoms with Crippen LogP contribution in [0.1, 0.15) is 43.6 Å². The molecule has 1 aliphatic heterocycles. The van der Waals surface area contributed by atoms with Gasteiger partial charge in [0.2, 0.25) is 5.91 Å². The van der Waals surface area contributed by atoms with E-state index in [0.717, 1.165) is 37.4 Å². The van der Waals surface area contributed by atoms with Gasteiger partial charge < -0.3 is 10.0 Å². The molecule has 1 heterocycles. The Morgan fingerprint density at radius 1 is 1.26 bits per heavy atom. The van der Waals surface area contributed by atoms with Crippen LogP contribution in [-0.2, 0) is 9.59 Å². The van der Waals surface area contributed by atoms with Crippen molar-refractivity contribution in [2.75, 3.05) is 13.1 Å². The maximum Gasteiger partial charge on any atom is 0.303 e. The molecule has 4 nitrogen and oxygen atoms in total. The van der Waals surface area contributed by atoms with Crippen LogP contribution in [0.3, 0.4) is 0 Å². The molecule has 1 aromatic carbocycles. The predicted molar refractivity (Wildman–Crippen MR) is 88.5 cm³/mol. The Labute approximate surface area is 141 Å². The van der Waals surface area contributed by atoms with Gasteiger partial charge in [-0.15, -0.1) is 0 Å². The van der Waals surface area contributed by atoms with E-state index in [1.807, 2.05) is 29.2 Å². The molecular formula is C18H22ClNO3. The lowest BCUT2D eigenvalue weighted by Gasteiger charge is -2.33. The van der Waals surface area contributed by atoms with Crippen molar-refractivity contribution >= 4 is 23.5 Å². The van der Waals surface area contributed by atoms with Crippen molar-refractivity contribution in [2.24, 2.45) is 11.8 Å². The number of piperidine rings is 1. The highest BCUT2D eigenvalue weighted by molar-refractivity contribution is 6.30. The van der Waals surface area contributed by atoms with Crippen molar-refractivity contribution in [3.8, 4) is 0 Å². The van der Waals surface area contributed by atoms with Gasteiger partial charge in [0, 0.05) is 30.5 Å². The smallest absolute Gasteiger partial charge is 0.303 e. The third-order valence-corrected chi connectivity index (χ3v) is 5.25. The fourth-order valence-electron chi connectivity index (χ4n) is 3.61. The molecule has 1 amide bonds. The Balaban J connectivity index is 1.54. The summed E-state index contributed by atoms with van der Waals surface area (Å²) >= 11 is 5.91. The number of rotatable bonds is 5. The Morgan fingerprint density at radius 3 is 2.70 bits per heavy atom. The molecule has 0 spiro atoms. The van der Waals surface area contributed by atoms with Crippen LogP contribution in [0.25, 0.3) is 0 Å². The van der Waals surface area contributed by atoms with Crippen LogP contribution in [0.4, 0.5) is 0 Å². The summed E-state index contributed by atoms with van der Waals surface area (Å²) in [6, 6.07) is 7.76. The zero-order valence-electron chi connectivity index (χ0n) is 13.1. The number of carboxylic acids is 1. The number of hydrogen-bond acceptors (Lipinski definition) is 2. The van der Waals surface area contributed by atoms with Crippen LogP contribution in [0.5, 0.6) is 0 Å². The second-order valence-electron chi connectivity index (χ2n) is 6.73. The minimum Gasteiger partial charge on any atom is -0.481 e. The molecule has 5 heteroatoms. The summed E-state index contributed by atoms with van der Waals surface area (Å²) in [5, 5.41) is 9.52. The van der Waals surface area contributed by atoms with E-state index in [2.05, 4.69) is 0 Å². The zero-order chi connectivity index (χ0) is 16.4. The maximum absolute atomic E-state index is 12.7. The number of amides is 1. The third kappa shape index (κ3) is 4.05. The van der Waals surface area contributed by atoms with E-state index in [-0.39, 0.29) is 18.2 Å². The lowest BCUT2D eigenvalue weighted by Crippen LogP contribution is -2.41. The zero-order valence-corrected chi connectivity index (χ0v) is 13.8. The molecular weight excluding hydrogens is 314 g/mol. The molecule has 0 unspecified atom stereocenters. The molecule has 1 N–H and O–H groups in total. The van der Waals surface area contributed by atoms with E-state index in [1.165, 1.54) is 5.56 Å². The van der Waals surface area contributed by atoms with Gasteiger partial charge in [-0.05, 0) is 55.2 Å². The lowest BCUT2D eigenvalue weighted by molar-refractivity contribution is -0.137. The minimum absolute atomic E-state index is 0.0920. The van der Waals surface area contributed by atoms with Gasteiger partial charge in [-0.1, -0.05) is 23.7 Å². The normalized spacial score (nSPS) is 26.8. The van der Waals surface area contributed by atoms with Crippen LogP contribution < -0.4 is 0 Å². The SMILES string of the molecule is O=C(O)CC[C@@H]1CCCN(C(=O)[C@@H]2C[C@@H]2c2ccc(Cl)cc2)C1. The predicted octanol–water partition coefficient (Wildman–Crippen LogP) is 3.55. The highest BCUT2D eigenvalue weighted by Gasteiger charge is 2.46. The number of carboxylic acid groups (broad SMARTS) is 1. The molecule has 0 radical (unpaired) electrons. The minimum atomic E-state index is -0.751. The number of halogens is 1. The maximum atomic E-state index is 12.7. The summed E-state index contributed by atoms with van der Waals surface area (Å²) in [4.78, 5) is 25.3. The first-order valence-corrected chi connectivity index (χ1v) is 8.68. The molecule has 0 aromatic heterocycles. The summed E-state index contributed by atoms with van der Waals surface area (Å²) in [5.41, 5.74) is 1.19. The largest absolute Gasteiger partial charge is 0.481 e. The molecule has 2 fully saturated rings. The summed E-state index contributed by atoms with van der Waals surface area (Å²) in [5.74, 6) is 0.230. The van der Waals surface area contributed by atoms with Crippen LogP contribution >= 0.6 is 11.6 Å². The Morgan fingerprint density at radius 2 is 2.00 bits per heavy atom. The lowest BCUT2D eigenvalue weighted by atomic mass is 9.93. The number of carbonyl (C=O) groups excluding carboxylic acids is 1. The van der Waals surface area contributed by atoms with E-state index in [4.69, 9.17) is 16.7 Å². The average molecular weight is 336 g/mol.